The molecule has 0 atom stereocenters. The van der Waals surface area contributed by atoms with Crippen molar-refractivity contribution < 1.29 is 20.3 Å². The van der Waals surface area contributed by atoms with Gasteiger partial charge in [0.2, 0.25) is 0 Å². The van der Waals surface area contributed by atoms with E-state index in [1.54, 1.807) is 0 Å². The van der Waals surface area contributed by atoms with Crippen molar-refractivity contribution in [2.24, 2.45) is 0 Å². The van der Waals surface area contributed by atoms with Gasteiger partial charge in [-0.05, 0) is 12.2 Å². The van der Waals surface area contributed by atoms with Crippen LogP contribution in [0.5, 0.6) is 0 Å². The fourth-order valence-corrected chi connectivity index (χ4v) is 0.474. The summed E-state index contributed by atoms with van der Waals surface area (Å²) in [6, 6.07) is 0. The molecule has 2 heteroatoms. The summed E-state index contributed by atoms with van der Waals surface area (Å²) in [7, 11) is 0. The number of thiol groups is 1. The molecule has 0 aliphatic heterocycles. The Morgan fingerprint density at radius 3 is 2.17 bits per heavy atom. The third-order valence-electron chi connectivity index (χ3n) is 0.512. The van der Waals surface area contributed by atoms with E-state index in [1.807, 2.05) is 0 Å². The standard InChI is InChI=1S/C4H10S.Li.H/c1-2-3-4-5;;/h5H,2-4H2,1H3;;/q;+1;-1. The van der Waals surface area contributed by atoms with Crippen LogP contribution in [0.25, 0.3) is 0 Å². The minimum Gasteiger partial charge on any atom is -1.00 e. The Morgan fingerprint density at radius 1 is 1.67 bits per heavy atom. The van der Waals surface area contributed by atoms with Crippen LogP contribution in [0.3, 0.4) is 0 Å². The SMILES string of the molecule is CCCCS.[H-].[Li+]. The van der Waals surface area contributed by atoms with Crippen molar-refractivity contribution in [2.45, 2.75) is 19.8 Å². The van der Waals surface area contributed by atoms with Gasteiger partial charge in [0.25, 0.3) is 0 Å². The van der Waals surface area contributed by atoms with Crippen LogP contribution in [0.15, 0.2) is 0 Å². The second-order valence-corrected chi connectivity index (χ2v) is 1.52. The van der Waals surface area contributed by atoms with Gasteiger partial charge in [0, 0.05) is 0 Å². The third-order valence-corrected chi connectivity index (χ3v) is 0.828. The molecule has 0 saturated carbocycles. The second kappa shape index (κ2) is 9.34. The molecule has 0 aliphatic rings. The van der Waals surface area contributed by atoms with Crippen molar-refractivity contribution in [1.29, 1.82) is 0 Å². The normalized spacial score (nSPS) is 7.00. The van der Waals surface area contributed by atoms with E-state index in [4.69, 9.17) is 0 Å². The van der Waals surface area contributed by atoms with E-state index in [9.17, 15) is 0 Å². The predicted octanol–water partition coefficient (Wildman–Crippen LogP) is -1.17. The molecule has 0 spiro atoms. The molecule has 0 nitrogen and oxygen atoms in total. The summed E-state index contributed by atoms with van der Waals surface area (Å²) in [4.78, 5) is 0. The van der Waals surface area contributed by atoms with Gasteiger partial charge >= 0.3 is 18.9 Å². The molecule has 0 heterocycles. The van der Waals surface area contributed by atoms with Crippen LogP contribution in [0, 0.1) is 0 Å². The van der Waals surface area contributed by atoms with Gasteiger partial charge < -0.3 is 1.43 Å². The number of unbranched alkanes of at least 4 members (excludes halogenated alkanes) is 1. The summed E-state index contributed by atoms with van der Waals surface area (Å²) >= 11 is 4.00. The molecule has 0 saturated heterocycles. The maximum absolute atomic E-state index is 4.00. The van der Waals surface area contributed by atoms with E-state index in [2.05, 4.69) is 19.6 Å². The van der Waals surface area contributed by atoms with Crippen LogP contribution in [0.4, 0.5) is 0 Å². The molecule has 0 N–H and O–H groups in total. The minimum absolute atomic E-state index is 0. The number of hydrogen-bond donors (Lipinski definition) is 1. The predicted molar refractivity (Wildman–Crippen MR) is 29.9 cm³/mol. The van der Waals surface area contributed by atoms with Gasteiger partial charge in [-0.1, -0.05) is 13.3 Å². The molecule has 6 heavy (non-hydrogen) atoms. The molecule has 0 unspecified atom stereocenters. The summed E-state index contributed by atoms with van der Waals surface area (Å²) in [6.07, 6.45) is 2.52. The van der Waals surface area contributed by atoms with Gasteiger partial charge in [0.15, 0.2) is 0 Å². The number of rotatable bonds is 2. The Labute approximate surface area is 58.8 Å². The van der Waals surface area contributed by atoms with Crippen molar-refractivity contribution in [3.63, 3.8) is 0 Å². The molecule has 0 aliphatic carbocycles. The minimum atomic E-state index is 0. The zero-order valence-corrected chi connectivity index (χ0v) is 5.46. The van der Waals surface area contributed by atoms with Gasteiger partial charge in [0.05, 0.1) is 0 Å². The largest absolute Gasteiger partial charge is 1.00 e. The maximum atomic E-state index is 4.00. The van der Waals surface area contributed by atoms with Crippen LogP contribution in [0.1, 0.15) is 21.2 Å². The van der Waals surface area contributed by atoms with Gasteiger partial charge in [-0.25, -0.2) is 0 Å². The monoisotopic (exact) mass is 98.1 g/mol. The zero-order chi connectivity index (χ0) is 4.12. The van der Waals surface area contributed by atoms with Crippen molar-refractivity contribution in [3.05, 3.63) is 0 Å². The molecule has 0 amide bonds. The van der Waals surface area contributed by atoms with E-state index in [0.29, 0.717) is 0 Å². The first kappa shape index (κ1) is 10.0. The molecule has 0 aromatic rings. The first-order chi connectivity index (χ1) is 2.41. The molecule has 0 aromatic heterocycles. The van der Waals surface area contributed by atoms with E-state index in [-0.39, 0.29) is 20.3 Å². The fraction of sp³-hybridized carbons (Fsp3) is 1.00. The molecule has 0 fully saturated rings. The van der Waals surface area contributed by atoms with Gasteiger partial charge in [-0.15, -0.1) is 0 Å². The Bertz CT molecular complexity index is 19.2. The summed E-state index contributed by atoms with van der Waals surface area (Å²) < 4.78 is 0. The average Bonchev–Trinajstić information content (AvgIpc) is 1.41. The first-order valence-electron chi connectivity index (χ1n) is 2.02. The van der Waals surface area contributed by atoms with E-state index in [1.165, 1.54) is 12.8 Å². The summed E-state index contributed by atoms with van der Waals surface area (Å²) in [5, 5.41) is 0. The fourth-order valence-electron chi connectivity index (χ4n) is 0.158. The van der Waals surface area contributed by atoms with Crippen molar-refractivity contribution in [2.75, 3.05) is 5.75 Å². The average molecular weight is 98.1 g/mol. The smallest absolute Gasteiger partial charge is 1.00 e. The van der Waals surface area contributed by atoms with E-state index < -0.39 is 0 Å². The van der Waals surface area contributed by atoms with Crippen LogP contribution in [0.2, 0.25) is 0 Å². The topological polar surface area (TPSA) is 0 Å². The zero-order valence-electron chi connectivity index (χ0n) is 5.57. The van der Waals surface area contributed by atoms with E-state index in [0.717, 1.165) is 5.75 Å². The molecule has 0 radical (unpaired) electrons. The maximum Gasteiger partial charge on any atom is 1.00 e. The molecular weight excluding hydrogens is 87.1 g/mol. The Balaban J connectivity index is -0.0000000800. The molecule has 0 rings (SSSR count). The van der Waals surface area contributed by atoms with Crippen molar-refractivity contribution >= 4 is 12.6 Å². The first-order valence-corrected chi connectivity index (χ1v) is 2.66. The van der Waals surface area contributed by atoms with Gasteiger partial charge in [0.1, 0.15) is 0 Å². The summed E-state index contributed by atoms with van der Waals surface area (Å²) in [6.45, 7) is 2.16. The quantitative estimate of drug-likeness (QED) is 0.326. The summed E-state index contributed by atoms with van der Waals surface area (Å²) in [5.74, 6) is 1.04. The number of hydrogen-bond acceptors (Lipinski definition) is 1. The summed E-state index contributed by atoms with van der Waals surface area (Å²) in [5.41, 5.74) is 0. The third kappa shape index (κ3) is 8.87. The Kier molecular flexibility index (Phi) is 15.6. The van der Waals surface area contributed by atoms with Crippen LogP contribution < -0.4 is 18.9 Å². The Morgan fingerprint density at radius 2 is 2.17 bits per heavy atom. The second-order valence-electron chi connectivity index (χ2n) is 1.08. The van der Waals surface area contributed by atoms with Crippen LogP contribution in [-0.4, -0.2) is 5.75 Å². The molecule has 0 aromatic carbocycles. The van der Waals surface area contributed by atoms with Crippen LogP contribution in [-0.2, 0) is 0 Å². The van der Waals surface area contributed by atoms with E-state index >= 15 is 0 Å². The van der Waals surface area contributed by atoms with Gasteiger partial charge in [-0.3, -0.25) is 0 Å². The Hall–Kier alpha value is 0.947. The van der Waals surface area contributed by atoms with Crippen LogP contribution >= 0.6 is 12.6 Å². The molecule has 0 bridgehead atoms. The van der Waals surface area contributed by atoms with Gasteiger partial charge in [-0.2, -0.15) is 12.6 Å². The molecule has 34 valence electrons. The molecular formula is C4H11LiS. The van der Waals surface area contributed by atoms with Crippen molar-refractivity contribution in [3.8, 4) is 0 Å². The van der Waals surface area contributed by atoms with Crippen molar-refractivity contribution in [1.82, 2.24) is 0 Å².